The lowest BCUT2D eigenvalue weighted by Gasteiger charge is -2.29. The lowest BCUT2D eigenvalue weighted by atomic mass is 9.79. The molecule has 2 rings (SSSR count). The molecule has 0 saturated heterocycles. The molecule has 5 heteroatoms. The molecule has 1 aromatic rings. The Morgan fingerprint density at radius 1 is 1.45 bits per heavy atom. The van der Waals surface area contributed by atoms with E-state index in [1.54, 1.807) is 0 Å². The van der Waals surface area contributed by atoms with Crippen molar-refractivity contribution >= 4 is 0 Å². The van der Waals surface area contributed by atoms with Crippen molar-refractivity contribution in [1.29, 1.82) is 0 Å². The van der Waals surface area contributed by atoms with Gasteiger partial charge in [0.15, 0.2) is 0 Å². The molecule has 1 aliphatic rings. The first-order valence-electron chi connectivity index (χ1n) is 8.68. The van der Waals surface area contributed by atoms with Gasteiger partial charge in [-0.05, 0) is 46.2 Å². The van der Waals surface area contributed by atoms with Crippen molar-refractivity contribution in [1.82, 2.24) is 20.4 Å². The highest BCUT2D eigenvalue weighted by Gasteiger charge is 2.26. The largest absolute Gasteiger partial charge is 0.381 e. The van der Waals surface area contributed by atoms with Gasteiger partial charge in [-0.25, -0.2) is 0 Å². The number of hydrogen-bond donors (Lipinski definition) is 2. The zero-order valence-electron chi connectivity index (χ0n) is 14.4. The van der Waals surface area contributed by atoms with Gasteiger partial charge in [0.2, 0.25) is 0 Å². The van der Waals surface area contributed by atoms with Crippen LogP contribution in [0.25, 0.3) is 0 Å². The lowest BCUT2D eigenvalue weighted by molar-refractivity contribution is 0.0903. The van der Waals surface area contributed by atoms with Gasteiger partial charge in [0.25, 0.3) is 0 Å². The number of aromatic amines is 1. The van der Waals surface area contributed by atoms with Gasteiger partial charge in [0, 0.05) is 50.5 Å². The van der Waals surface area contributed by atoms with E-state index in [0.29, 0.717) is 11.8 Å². The predicted molar refractivity (Wildman–Crippen MR) is 90.0 cm³/mol. The van der Waals surface area contributed by atoms with Gasteiger partial charge < -0.3 is 15.0 Å². The van der Waals surface area contributed by atoms with E-state index in [0.717, 1.165) is 32.8 Å². The highest BCUT2D eigenvalue weighted by molar-refractivity contribution is 5.21. The number of rotatable bonds is 9. The molecule has 0 bridgehead atoms. The van der Waals surface area contributed by atoms with E-state index in [1.807, 2.05) is 7.05 Å². The summed E-state index contributed by atoms with van der Waals surface area (Å²) >= 11 is 0. The summed E-state index contributed by atoms with van der Waals surface area (Å²) in [4.78, 5) is 2.35. The van der Waals surface area contributed by atoms with Crippen molar-refractivity contribution in [3.8, 4) is 0 Å². The summed E-state index contributed by atoms with van der Waals surface area (Å²) in [6.45, 7) is 6.86. The van der Waals surface area contributed by atoms with Crippen molar-refractivity contribution in [2.24, 2.45) is 5.92 Å². The van der Waals surface area contributed by atoms with Gasteiger partial charge in [0.1, 0.15) is 0 Å². The molecule has 0 aliphatic heterocycles. The standard InChI is InChI=1S/C17H32N4O/c1-4-22-13-14-6-5-7-15(10-14)17-16(11-19-20-17)12-21(3)9-8-18-2/h11,14-15,18H,4-10,12-13H2,1-3H3,(H,19,20). The van der Waals surface area contributed by atoms with Crippen LogP contribution in [0.5, 0.6) is 0 Å². The molecule has 1 saturated carbocycles. The highest BCUT2D eigenvalue weighted by Crippen LogP contribution is 2.36. The Morgan fingerprint density at radius 3 is 3.09 bits per heavy atom. The van der Waals surface area contributed by atoms with Crippen LogP contribution in [0.2, 0.25) is 0 Å². The zero-order chi connectivity index (χ0) is 15.8. The molecule has 0 amide bonds. The number of nitrogens with one attached hydrogen (secondary N) is 2. The van der Waals surface area contributed by atoms with Crippen LogP contribution < -0.4 is 5.32 Å². The van der Waals surface area contributed by atoms with Crippen LogP contribution >= 0.6 is 0 Å². The van der Waals surface area contributed by atoms with E-state index in [-0.39, 0.29) is 0 Å². The fourth-order valence-electron chi connectivity index (χ4n) is 3.45. The Kier molecular flexibility index (Phi) is 7.36. The first kappa shape index (κ1) is 17.4. The molecule has 0 radical (unpaired) electrons. The SMILES string of the molecule is CCOCC1CCCC(c2n[nH]cc2CN(C)CCNC)C1. The molecular weight excluding hydrogens is 276 g/mol. The Morgan fingerprint density at radius 2 is 2.32 bits per heavy atom. The van der Waals surface area contributed by atoms with Gasteiger partial charge >= 0.3 is 0 Å². The number of hydrogen-bond acceptors (Lipinski definition) is 4. The quantitative estimate of drug-likeness (QED) is 0.735. The van der Waals surface area contributed by atoms with Crippen LogP contribution in [0.3, 0.4) is 0 Å². The highest BCUT2D eigenvalue weighted by atomic mass is 16.5. The third kappa shape index (κ3) is 5.07. The minimum atomic E-state index is 0.596. The number of likely N-dealkylation sites (N-methyl/N-ethyl adjacent to an activating group) is 2. The fourth-order valence-corrected chi connectivity index (χ4v) is 3.45. The Hall–Kier alpha value is -0.910. The van der Waals surface area contributed by atoms with Gasteiger partial charge in [0.05, 0.1) is 5.69 Å². The molecule has 2 atom stereocenters. The maximum atomic E-state index is 5.63. The normalized spacial score (nSPS) is 22.4. The molecule has 0 aromatic carbocycles. The van der Waals surface area contributed by atoms with Crippen LogP contribution in [0.15, 0.2) is 6.20 Å². The molecule has 126 valence electrons. The van der Waals surface area contributed by atoms with E-state index in [9.17, 15) is 0 Å². The molecular formula is C17H32N4O. The van der Waals surface area contributed by atoms with E-state index < -0.39 is 0 Å². The Labute approximate surface area is 134 Å². The second-order valence-electron chi connectivity index (χ2n) is 6.53. The Bertz CT molecular complexity index is 421. The van der Waals surface area contributed by atoms with Crippen molar-refractivity contribution in [3.05, 3.63) is 17.5 Å². The molecule has 1 fully saturated rings. The van der Waals surface area contributed by atoms with Gasteiger partial charge in [-0.15, -0.1) is 0 Å². The van der Waals surface area contributed by atoms with E-state index >= 15 is 0 Å². The van der Waals surface area contributed by atoms with Crippen molar-refractivity contribution in [3.63, 3.8) is 0 Å². The summed E-state index contributed by atoms with van der Waals surface area (Å²) in [6, 6.07) is 0. The monoisotopic (exact) mass is 308 g/mol. The maximum absolute atomic E-state index is 5.63. The van der Waals surface area contributed by atoms with Gasteiger partial charge in [-0.3, -0.25) is 5.10 Å². The zero-order valence-corrected chi connectivity index (χ0v) is 14.4. The topological polar surface area (TPSA) is 53.2 Å². The van der Waals surface area contributed by atoms with Crippen molar-refractivity contribution in [2.75, 3.05) is 40.4 Å². The number of ether oxygens (including phenoxy) is 1. The number of aromatic nitrogens is 2. The summed E-state index contributed by atoms with van der Waals surface area (Å²) in [6.07, 6.45) is 7.17. The molecule has 0 spiro atoms. The molecule has 22 heavy (non-hydrogen) atoms. The lowest BCUT2D eigenvalue weighted by Crippen LogP contribution is -2.27. The molecule has 1 aromatic heterocycles. The summed E-state index contributed by atoms with van der Waals surface area (Å²) in [5.41, 5.74) is 2.65. The molecule has 2 N–H and O–H groups in total. The molecule has 1 heterocycles. The second-order valence-corrected chi connectivity index (χ2v) is 6.53. The summed E-state index contributed by atoms with van der Waals surface area (Å²) in [5, 5.41) is 10.9. The average molecular weight is 308 g/mol. The van der Waals surface area contributed by atoms with Crippen LogP contribution in [-0.4, -0.2) is 55.5 Å². The van der Waals surface area contributed by atoms with Crippen molar-refractivity contribution < 1.29 is 4.74 Å². The third-order valence-electron chi connectivity index (χ3n) is 4.66. The second kappa shape index (κ2) is 9.28. The maximum Gasteiger partial charge on any atom is 0.0698 e. The smallest absolute Gasteiger partial charge is 0.0698 e. The summed E-state index contributed by atoms with van der Waals surface area (Å²) in [7, 11) is 4.17. The minimum absolute atomic E-state index is 0.596. The van der Waals surface area contributed by atoms with Gasteiger partial charge in [-0.1, -0.05) is 6.42 Å². The summed E-state index contributed by atoms with van der Waals surface area (Å²) in [5.74, 6) is 1.29. The van der Waals surface area contributed by atoms with Gasteiger partial charge in [-0.2, -0.15) is 5.10 Å². The van der Waals surface area contributed by atoms with Crippen LogP contribution in [0.4, 0.5) is 0 Å². The van der Waals surface area contributed by atoms with Crippen molar-refractivity contribution in [2.45, 2.75) is 45.1 Å². The number of nitrogens with zero attached hydrogens (tertiary/aromatic N) is 2. The van der Waals surface area contributed by atoms with E-state index in [2.05, 4.69) is 40.6 Å². The minimum Gasteiger partial charge on any atom is -0.381 e. The molecule has 1 aliphatic carbocycles. The van der Waals surface area contributed by atoms with Crippen LogP contribution in [0.1, 0.15) is 49.8 Å². The van der Waals surface area contributed by atoms with Crippen LogP contribution in [0, 0.1) is 5.92 Å². The predicted octanol–water partition coefficient (Wildman–Crippen LogP) is 2.37. The first-order valence-corrected chi connectivity index (χ1v) is 8.68. The molecule has 2 unspecified atom stereocenters. The van der Waals surface area contributed by atoms with E-state index in [4.69, 9.17) is 4.74 Å². The van der Waals surface area contributed by atoms with Crippen LogP contribution in [-0.2, 0) is 11.3 Å². The first-order chi connectivity index (χ1) is 10.7. The summed E-state index contributed by atoms with van der Waals surface area (Å²) < 4.78 is 5.63. The molecule has 5 nitrogen and oxygen atoms in total. The fraction of sp³-hybridized carbons (Fsp3) is 0.824. The van der Waals surface area contributed by atoms with E-state index in [1.165, 1.54) is 36.9 Å². The third-order valence-corrected chi connectivity index (χ3v) is 4.66. The number of H-pyrrole nitrogens is 1. The average Bonchev–Trinajstić information content (AvgIpc) is 2.99. The Balaban J connectivity index is 1.92.